The maximum absolute atomic E-state index is 12.2. The number of aliphatic hydroxyl groups excluding tert-OH is 2. The summed E-state index contributed by atoms with van der Waals surface area (Å²) in [6.45, 7) is 4.70. The predicted molar refractivity (Wildman–Crippen MR) is 122 cm³/mol. The number of amides is 1. The number of ether oxygens (including phenoxy) is 2. The molecule has 1 amide bonds. The number of carbonyl (C=O) groups excluding carboxylic acids is 1. The Balaban J connectivity index is 1.52. The van der Waals surface area contributed by atoms with Gasteiger partial charge in [0, 0.05) is 30.3 Å². The third-order valence-electron chi connectivity index (χ3n) is 7.37. The molecule has 1 aliphatic carbocycles. The third kappa shape index (κ3) is 4.34. The van der Waals surface area contributed by atoms with Crippen LogP contribution in [0.4, 0.5) is 0 Å². The van der Waals surface area contributed by atoms with Crippen molar-refractivity contribution in [2.45, 2.75) is 38.2 Å². The van der Waals surface area contributed by atoms with Gasteiger partial charge in [-0.05, 0) is 42.5 Å². The largest absolute Gasteiger partial charge is 0.493 e. The average molecular weight is 440 g/mol. The molecule has 0 spiro atoms. The normalized spacial score (nSPS) is 27.8. The molecule has 172 valence electrons. The molecule has 2 aromatic rings. The Labute approximate surface area is 189 Å². The van der Waals surface area contributed by atoms with Crippen LogP contribution < -0.4 is 9.47 Å². The lowest BCUT2D eigenvalue weighted by molar-refractivity contribution is -0.133. The number of nitrogens with zero attached hydrogens (tertiary/aromatic N) is 1. The highest BCUT2D eigenvalue weighted by molar-refractivity contribution is 5.77. The molecule has 0 radical (unpaired) electrons. The minimum absolute atomic E-state index is 0.0794. The molecule has 2 N–H and O–H groups in total. The van der Waals surface area contributed by atoms with Crippen LogP contribution >= 0.6 is 0 Å². The quantitative estimate of drug-likeness (QED) is 0.661. The van der Waals surface area contributed by atoms with Crippen LogP contribution in [0.3, 0.4) is 0 Å². The Kier molecular flexibility index (Phi) is 6.45. The second kappa shape index (κ2) is 9.12. The van der Waals surface area contributed by atoms with E-state index in [0.717, 1.165) is 12.0 Å². The van der Waals surface area contributed by atoms with Crippen LogP contribution in [0.2, 0.25) is 0 Å². The number of hydrogen-bond donors (Lipinski definition) is 2. The van der Waals surface area contributed by atoms with Crippen LogP contribution in [0.5, 0.6) is 11.5 Å². The smallest absolute Gasteiger partial charge is 0.248 e. The van der Waals surface area contributed by atoms with E-state index < -0.39 is 18.1 Å². The molecule has 2 aliphatic rings. The number of hydrogen-bond acceptors (Lipinski definition) is 5. The van der Waals surface area contributed by atoms with E-state index in [-0.39, 0.29) is 11.8 Å². The number of methoxy groups -OCH3 is 1. The Morgan fingerprint density at radius 1 is 1.19 bits per heavy atom. The summed E-state index contributed by atoms with van der Waals surface area (Å²) >= 11 is 0. The van der Waals surface area contributed by atoms with Crippen LogP contribution in [0.15, 0.2) is 48.5 Å². The Morgan fingerprint density at radius 3 is 2.59 bits per heavy atom. The monoisotopic (exact) mass is 439 g/mol. The van der Waals surface area contributed by atoms with Gasteiger partial charge in [-0.1, -0.05) is 43.3 Å². The zero-order chi connectivity index (χ0) is 22.9. The summed E-state index contributed by atoms with van der Waals surface area (Å²) in [5.41, 5.74) is 1.83. The van der Waals surface area contributed by atoms with Gasteiger partial charge < -0.3 is 24.6 Å². The molecule has 6 nitrogen and oxygen atoms in total. The fourth-order valence-electron chi connectivity index (χ4n) is 4.97. The first kappa shape index (κ1) is 22.6. The zero-order valence-electron chi connectivity index (χ0n) is 19.0. The molecule has 2 fully saturated rings. The molecule has 1 heterocycles. The highest BCUT2D eigenvalue weighted by atomic mass is 16.5. The lowest BCUT2D eigenvalue weighted by Crippen LogP contribution is -2.38. The maximum atomic E-state index is 12.2. The molecule has 5 atom stereocenters. The molecule has 5 unspecified atom stereocenters. The molecule has 0 aromatic heterocycles. The van der Waals surface area contributed by atoms with E-state index in [4.69, 9.17) is 9.47 Å². The van der Waals surface area contributed by atoms with Gasteiger partial charge in [-0.3, -0.25) is 4.79 Å². The van der Waals surface area contributed by atoms with Crippen molar-refractivity contribution in [1.29, 1.82) is 0 Å². The van der Waals surface area contributed by atoms with Gasteiger partial charge in [0.25, 0.3) is 0 Å². The highest BCUT2D eigenvalue weighted by Gasteiger charge is 2.48. The topological polar surface area (TPSA) is 79.2 Å². The van der Waals surface area contributed by atoms with Crippen molar-refractivity contribution in [3.63, 3.8) is 0 Å². The molecule has 32 heavy (non-hydrogen) atoms. The summed E-state index contributed by atoms with van der Waals surface area (Å²) in [6, 6.07) is 16.4. The fraction of sp³-hybridized carbons (Fsp3) is 0.500. The van der Waals surface area contributed by atoms with Gasteiger partial charge in [0.1, 0.15) is 6.61 Å². The van der Waals surface area contributed by atoms with Gasteiger partial charge in [0.15, 0.2) is 11.5 Å². The molecule has 6 heteroatoms. The number of rotatable bonds is 8. The minimum atomic E-state index is -0.617. The van der Waals surface area contributed by atoms with E-state index in [1.165, 1.54) is 5.56 Å². The van der Waals surface area contributed by atoms with Crippen molar-refractivity contribution in [3.8, 4) is 11.5 Å². The van der Waals surface area contributed by atoms with Gasteiger partial charge >= 0.3 is 0 Å². The van der Waals surface area contributed by atoms with E-state index in [1.807, 2.05) is 31.2 Å². The second-order valence-electron chi connectivity index (χ2n) is 9.40. The van der Waals surface area contributed by atoms with Crippen LogP contribution in [0.25, 0.3) is 0 Å². The Morgan fingerprint density at radius 2 is 1.94 bits per heavy atom. The standard InChI is InChI=1S/C26H33NO5/c1-17(29)26(2)16-27(25(30)14-28)13-22(26)19-9-10-23(31-3)24(12-19)32-15-20-11-21(20)18-7-5-4-6-8-18/h4-10,12,17,20-22,28-29H,11,13-16H2,1-3H3. The lowest BCUT2D eigenvalue weighted by atomic mass is 9.72. The van der Waals surface area contributed by atoms with Crippen molar-refractivity contribution in [2.75, 3.05) is 33.4 Å². The van der Waals surface area contributed by atoms with Crippen LogP contribution in [-0.4, -0.2) is 60.5 Å². The average Bonchev–Trinajstić information content (AvgIpc) is 3.50. The SMILES string of the molecule is COc1ccc(C2CN(C(=O)CO)CC2(C)C(C)O)cc1OCC1CC1c1ccccc1. The number of likely N-dealkylation sites (tertiary alicyclic amines) is 1. The lowest BCUT2D eigenvalue weighted by Gasteiger charge is -2.33. The maximum Gasteiger partial charge on any atom is 0.248 e. The first-order valence-corrected chi connectivity index (χ1v) is 11.3. The van der Waals surface area contributed by atoms with Crippen molar-refractivity contribution < 1.29 is 24.5 Å². The summed E-state index contributed by atoms with van der Waals surface area (Å²) < 4.78 is 11.8. The Bertz CT molecular complexity index is 946. The number of aliphatic hydroxyl groups is 2. The number of benzene rings is 2. The second-order valence-corrected chi connectivity index (χ2v) is 9.40. The molecule has 0 bridgehead atoms. The van der Waals surface area contributed by atoms with E-state index >= 15 is 0 Å². The van der Waals surface area contributed by atoms with Gasteiger partial charge in [0.05, 0.1) is 19.8 Å². The summed E-state index contributed by atoms with van der Waals surface area (Å²) in [6.07, 6.45) is 0.501. The molecule has 4 rings (SSSR count). The summed E-state index contributed by atoms with van der Waals surface area (Å²) in [4.78, 5) is 13.8. The minimum Gasteiger partial charge on any atom is -0.493 e. The van der Waals surface area contributed by atoms with Crippen molar-refractivity contribution in [2.24, 2.45) is 11.3 Å². The van der Waals surface area contributed by atoms with E-state index in [0.29, 0.717) is 43.0 Å². The molecule has 1 saturated carbocycles. The van der Waals surface area contributed by atoms with Gasteiger partial charge in [-0.2, -0.15) is 0 Å². The number of carbonyl (C=O) groups is 1. The molecular formula is C26H33NO5. The zero-order valence-corrected chi connectivity index (χ0v) is 19.0. The summed E-state index contributed by atoms with van der Waals surface area (Å²) in [5.74, 6) is 1.98. The van der Waals surface area contributed by atoms with E-state index in [9.17, 15) is 15.0 Å². The first-order chi connectivity index (χ1) is 15.4. The molecular weight excluding hydrogens is 406 g/mol. The first-order valence-electron chi connectivity index (χ1n) is 11.3. The fourth-order valence-corrected chi connectivity index (χ4v) is 4.97. The molecule has 1 aliphatic heterocycles. The summed E-state index contributed by atoms with van der Waals surface area (Å²) in [7, 11) is 1.63. The van der Waals surface area contributed by atoms with Crippen LogP contribution in [0, 0.1) is 11.3 Å². The van der Waals surface area contributed by atoms with Crippen molar-refractivity contribution in [3.05, 3.63) is 59.7 Å². The predicted octanol–water partition coefficient (Wildman–Crippen LogP) is 3.18. The Hall–Kier alpha value is -2.57. The molecule has 2 aromatic carbocycles. The van der Waals surface area contributed by atoms with Gasteiger partial charge in [-0.15, -0.1) is 0 Å². The van der Waals surface area contributed by atoms with E-state index in [2.05, 4.69) is 24.3 Å². The van der Waals surface area contributed by atoms with Gasteiger partial charge in [0.2, 0.25) is 5.91 Å². The summed E-state index contributed by atoms with van der Waals surface area (Å²) in [5, 5.41) is 19.9. The van der Waals surface area contributed by atoms with Crippen LogP contribution in [0.1, 0.15) is 43.2 Å². The third-order valence-corrected chi connectivity index (χ3v) is 7.37. The van der Waals surface area contributed by atoms with Crippen molar-refractivity contribution in [1.82, 2.24) is 4.90 Å². The van der Waals surface area contributed by atoms with Crippen LogP contribution in [-0.2, 0) is 4.79 Å². The van der Waals surface area contributed by atoms with E-state index in [1.54, 1.807) is 18.9 Å². The highest BCUT2D eigenvalue weighted by Crippen LogP contribution is 2.49. The molecule has 1 saturated heterocycles. The van der Waals surface area contributed by atoms with Gasteiger partial charge in [-0.25, -0.2) is 0 Å². The van der Waals surface area contributed by atoms with Crippen molar-refractivity contribution >= 4 is 5.91 Å².